The predicted octanol–water partition coefficient (Wildman–Crippen LogP) is 22.3. The second kappa shape index (κ2) is 67.9. The number of phosphoric ester groups is 2. The van der Waals surface area contributed by atoms with Crippen molar-refractivity contribution in [1.82, 2.24) is 0 Å². The topological polar surface area (TPSA) is 237 Å². The molecule has 5 atom stereocenters. The number of esters is 4. The van der Waals surface area contributed by atoms with Crippen molar-refractivity contribution < 1.29 is 80.2 Å². The van der Waals surface area contributed by atoms with Crippen molar-refractivity contribution in [3.63, 3.8) is 0 Å². The van der Waals surface area contributed by atoms with E-state index < -0.39 is 97.5 Å². The summed E-state index contributed by atoms with van der Waals surface area (Å²) in [5, 5.41) is 10.6. The number of carbonyl (C=O) groups excluding carboxylic acids is 4. The highest BCUT2D eigenvalue weighted by atomic mass is 31.2. The smallest absolute Gasteiger partial charge is 0.462 e. The van der Waals surface area contributed by atoms with Crippen molar-refractivity contribution in [2.75, 3.05) is 39.6 Å². The molecule has 0 heterocycles. The minimum atomic E-state index is -4.96. The molecule has 0 aliphatic carbocycles. The van der Waals surface area contributed by atoms with Crippen molar-refractivity contribution in [2.45, 2.75) is 413 Å². The fourth-order valence-corrected chi connectivity index (χ4v) is 13.2. The summed E-state index contributed by atoms with van der Waals surface area (Å²) < 4.78 is 68.4. The summed E-state index contributed by atoms with van der Waals surface area (Å²) in [4.78, 5) is 72.7. The molecule has 0 aromatic rings. The maximum Gasteiger partial charge on any atom is 0.472 e. The number of ether oxygens (including phenoxy) is 4. The van der Waals surface area contributed by atoms with Gasteiger partial charge in [-0.05, 0) is 37.5 Å². The van der Waals surface area contributed by atoms with Crippen molar-refractivity contribution in [3.05, 3.63) is 0 Å². The summed E-state index contributed by atoms with van der Waals surface area (Å²) in [6, 6.07) is 0. The van der Waals surface area contributed by atoms with Gasteiger partial charge < -0.3 is 33.8 Å². The third-order valence-corrected chi connectivity index (χ3v) is 19.6. The summed E-state index contributed by atoms with van der Waals surface area (Å²) in [6.07, 6.45) is 55.7. The number of carbonyl (C=O) groups is 4. The molecule has 0 aliphatic heterocycles. The molecule has 2 unspecified atom stereocenters. The number of unbranched alkanes of at least 4 members (excludes halogenated alkanes) is 45. The van der Waals surface area contributed by atoms with Crippen LogP contribution in [0, 0.1) is 11.8 Å². The molecular weight excluding hydrogens is 1250 g/mol. The normalized spacial score (nSPS) is 14.0. The molecular formula is C76H148O17P2. The zero-order valence-electron chi connectivity index (χ0n) is 62.0. The van der Waals surface area contributed by atoms with Crippen LogP contribution in [-0.2, 0) is 65.4 Å². The second-order valence-corrected chi connectivity index (χ2v) is 31.3. The van der Waals surface area contributed by atoms with Gasteiger partial charge in [0.15, 0.2) is 12.2 Å². The van der Waals surface area contributed by atoms with E-state index >= 15 is 0 Å². The molecule has 0 aromatic carbocycles. The molecule has 0 spiro atoms. The molecule has 19 heteroatoms. The molecule has 564 valence electrons. The fourth-order valence-electron chi connectivity index (χ4n) is 11.7. The first-order valence-electron chi connectivity index (χ1n) is 39.5. The first-order chi connectivity index (χ1) is 45.9. The van der Waals surface area contributed by atoms with Crippen molar-refractivity contribution >= 4 is 39.5 Å². The number of rotatable bonds is 75. The van der Waals surface area contributed by atoms with E-state index in [1.165, 1.54) is 205 Å². The molecule has 0 rings (SSSR count). The molecule has 0 radical (unpaired) electrons. The second-order valence-electron chi connectivity index (χ2n) is 28.3. The summed E-state index contributed by atoms with van der Waals surface area (Å²) in [7, 11) is -9.91. The largest absolute Gasteiger partial charge is 0.472 e. The van der Waals surface area contributed by atoms with Crippen LogP contribution in [0.25, 0.3) is 0 Å². The van der Waals surface area contributed by atoms with Crippen LogP contribution in [0.15, 0.2) is 0 Å². The third kappa shape index (κ3) is 70.3. The van der Waals surface area contributed by atoms with Crippen molar-refractivity contribution in [3.8, 4) is 0 Å². The Morgan fingerprint density at radius 2 is 0.484 bits per heavy atom. The molecule has 3 N–H and O–H groups in total. The quantitative estimate of drug-likeness (QED) is 0.0222. The molecule has 0 saturated carbocycles. The summed E-state index contributed by atoms with van der Waals surface area (Å²) in [6.45, 7) is 9.54. The maximum absolute atomic E-state index is 13.1. The average molecular weight is 1400 g/mol. The van der Waals surface area contributed by atoms with Crippen LogP contribution in [0.1, 0.15) is 395 Å². The first-order valence-corrected chi connectivity index (χ1v) is 42.5. The van der Waals surface area contributed by atoms with Crippen molar-refractivity contribution in [1.29, 1.82) is 0 Å². The zero-order valence-corrected chi connectivity index (χ0v) is 63.8. The van der Waals surface area contributed by atoms with Gasteiger partial charge in [0, 0.05) is 25.7 Å². The van der Waals surface area contributed by atoms with Crippen LogP contribution >= 0.6 is 15.6 Å². The summed E-state index contributed by atoms with van der Waals surface area (Å²) in [5.74, 6) is -0.618. The molecule has 17 nitrogen and oxygen atoms in total. The molecule has 95 heavy (non-hydrogen) atoms. The van der Waals surface area contributed by atoms with Gasteiger partial charge in [-0.25, -0.2) is 9.13 Å². The van der Waals surface area contributed by atoms with Crippen LogP contribution in [0.5, 0.6) is 0 Å². The Morgan fingerprint density at radius 3 is 0.716 bits per heavy atom. The van der Waals surface area contributed by atoms with Gasteiger partial charge in [-0.1, -0.05) is 343 Å². The lowest BCUT2D eigenvalue weighted by atomic mass is 10.0. The van der Waals surface area contributed by atoms with E-state index in [9.17, 15) is 43.2 Å². The number of aliphatic hydroxyl groups is 1. The van der Waals surface area contributed by atoms with Crippen molar-refractivity contribution in [2.24, 2.45) is 11.8 Å². The fraction of sp³-hybridized carbons (Fsp3) is 0.947. The molecule has 0 bridgehead atoms. The van der Waals surface area contributed by atoms with E-state index in [-0.39, 0.29) is 25.7 Å². The number of hydrogen-bond acceptors (Lipinski definition) is 15. The van der Waals surface area contributed by atoms with Gasteiger partial charge in [-0.3, -0.25) is 37.3 Å². The minimum Gasteiger partial charge on any atom is -0.462 e. The lowest BCUT2D eigenvalue weighted by Gasteiger charge is -2.21. The molecule has 0 fully saturated rings. The Hall–Kier alpha value is -1.94. The van der Waals surface area contributed by atoms with Gasteiger partial charge in [-0.2, -0.15) is 0 Å². The third-order valence-electron chi connectivity index (χ3n) is 17.7. The molecule has 0 aromatic heterocycles. The van der Waals surface area contributed by atoms with E-state index in [4.69, 9.17) is 37.0 Å². The van der Waals surface area contributed by atoms with Crippen LogP contribution < -0.4 is 0 Å². The first kappa shape index (κ1) is 93.1. The van der Waals surface area contributed by atoms with Gasteiger partial charge in [0.05, 0.1) is 26.4 Å². The number of phosphoric acid groups is 2. The Kier molecular flexibility index (Phi) is 66.5. The Bertz CT molecular complexity index is 1840. The van der Waals surface area contributed by atoms with Gasteiger partial charge in [0.2, 0.25) is 0 Å². The van der Waals surface area contributed by atoms with Gasteiger partial charge in [0.1, 0.15) is 19.3 Å². The highest BCUT2D eigenvalue weighted by Crippen LogP contribution is 2.45. The van der Waals surface area contributed by atoms with Crippen LogP contribution in [0.3, 0.4) is 0 Å². The highest BCUT2D eigenvalue weighted by molar-refractivity contribution is 7.47. The highest BCUT2D eigenvalue weighted by Gasteiger charge is 2.30. The van der Waals surface area contributed by atoms with Gasteiger partial charge in [-0.15, -0.1) is 0 Å². The summed E-state index contributed by atoms with van der Waals surface area (Å²) >= 11 is 0. The Morgan fingerprint density at radius 1 is 0.284 bits per heavy atom. The minimum absolute atomic E-state index is 0.106. The lowest BCUT2D eigenvalue weighted by Crippen LogP contribution is -2.30. The van der Waals surface area contributed by atoms with Gasteiger partial charge >= 0.3 is 39.5 Å². The molecule has 0 saturated heterocycles. The number of hydrogen-bond donors (Lipinski definition) is 3. The Labute approximate surface area is 581 Å². The monoisotopic (exact) mass is 1400 g/mol. The van der Waals surface area contributed by atoms with Crippen LogP contribution in [-0.4, -0.2) is 96.7 Å². The van der Waals surface area contributed by atoms with E-state index in [2.05, 4.69) is 41.5 Å². The summed E-state index contributed by atoms with van der Waals surface area (Å²) in [5.41, 5.74) is 0. The van der Waals surface area contributed by atoms with E-state index in [0.717, 1.165) is 102 Å². The number of aliphatic hydroxyl groups excluding tert-OH is 1. The SMILES string of the molecule is CCCCCCCCCCCCCCCCCC(=O)OC[C@H](COP(=O)(O)OC[C@@H](O)COP(=O)(O)OC[C@@H](COC(=O)CCCCCCCCC(C)C)OC(=O)CCCCCCCCCCCC)OC(=O)CCCCCCCCCCCCCCCCCCCCC(C)C. The van der Waals surface area contributed by atoms with Crippen LogP contribution in [0.4, 0.5) is 0 Å². The molecule has 0 amide bonds. The Balaban J connectivity index is 5.18. The standard InChI is InChI=1S/C76H148O17P2/c1-7-9-11-13-15-17-19-20-25-29-32-36-39-46-52-58-73(78)86-64-71(92-76(81)61-55-49-41-37-33-30-27-24-22-21-23-26-28-31-34-38-44-50-56-68(3)4)66-90-94(82,83)88-62-70(77)63-89-95(84,85)91-67-72(65-87-74(79)59-53-47-43-42-45-51-57-69(5)6)93-75(80)60-54-48-40-35-18-16-14-12-10-8-2/h68-72,77H,7-67H2,1-6H3,(H,82,83)(H,84,85)/t70-,71-,72-/m1/s1. The van der Waals surface area contributed by atoms with Gasteiger partial charge in [0.25, 0.3) is 0 Å². The lowest BCUT2D eigenvalue weighted by molar-refractivity contribution is -0.161. The maximum atomic E-state index is 13.1. The van der Waals surface area contributed by atoms with Crippen LogP contribution in [0.2, 0.25) is 0 Å². The van der Waals surface area contributed by atoms with E-state index in [1.807, 2.05) is 0 Å². The van der Waals surface area contributed by atoms with E-state index in [0.29, 0.717) is 31.6 Å². The zero-order chi connectivity index (χ0) is 70.0. The average Bonchev–Trinajstić information content (AvgIpc) is 1.62. The molecule has 0 aliphatic rings. The van der Waals surface area contributed by atoms with E-state index in [1.54, 1.807) is 0 Å². The predicted molar refractivity (Wildman–Crippen MR) is 386 cm³/mol.